The zero-order valence-corrected chi connectivity index (χ0v) is 22.7. The summed E-state index contributed by atoms with van der Waals surface area (Å²) in [6.45, 7) is 2.39. The number of benzene rings is 3. The third-order valence-corrected chi connectivity index (χ3v) is 7.67. The lowest BCUT2D eigenvalue weighted by Gasteiger charge is -2.21. The average molecular weight is 563 g/mol. The van der Waals surface area contributed by atoms with Gasteiger partial charge in [0.25, 0.3) is 11.8 Å². The maximum absolute atomic E-state index is 13.3. The van der Waals surface area contributed by atoms with Crippen molar-refractivity contribution >= 4 is 57.8 Å². The Morgan fingerprint density at radius 1 is 1.03 bits per heavy atom. The minimum absolute atomic E-state index is 0.184. The van der Waals surface area contributed by atoms with Crippen LogP contribution in [0.15, 0.2) is 71.6 Å². The van der Waals surface area contributed by atoms with E-state index in [2.05, 4.69) is 0 Å². The van der Waals surface area contributed by atoms with Gasteiger partial charge in [0.15, 0.2) is 11.5 Å². The molecule has 3 aromatic carbocycles. The van der Waals surface area contributed by atoms with Gasteiger partial charge in [0.2, 0.25) is 5.91 Å². The lowest BCUT2D eigenvalue weighted by molar-refractivity contribution is -0.129. The summed E-state index contributed by atoms with van der Waals surface area (Å²) in [4.78, 5) is 41.6. The molecular weight excluding hydrogens is 539 g/mol. The molecule has 1 atom stereocenters. The fourth-order valence-corrected chi connectivity index (χ4v) is 5.67. The van der Waals surface area contributed by atoms with Crippen molar-refractivity contribution in [2.75, 3.05) is 12.0 Å². The SMILES string of the molecule is COc1cc(/C=C2\SC(=S)N(C3CC(=O)N(c4ccc(F)cc4)C3=O)C2=O)ccc1OCc1ccc(C)cc1. The zero-order chi connectivity index (χ0) is 27.7. The van der Waals surface area contributed by atoms with Gasteiger partial charge in [-0.3, -0.25) is 19.3 Å². The summed E-state index contributed by atoms with van der Waals surface area (Å²) in [5.41, 5.74) is 3.11. The van der Waals surface area contributed by atoms with Crippen molar-refractivity contribution in [3.63, 3.8) is 0 Å². The number of imide groups is 1. The second kappa shape index (κ2) is 11.0. The zero-order valence-electron chi connectivity index (χ0n) is 21.0. The Hall–Kier alpha value is -4.02. The van der Waals surface area contributed by atoms with Gasteiger partial charge in [0.05, 0.1) is 24.1 Å². The molecule has 0 saturated carbocycles. The number of rotatable bonds is 7. The van der Waals surface area contributed by atoms with Crippen LogP contribution in [0.2, 0.25) is 0 Å². The Labute approximate surface area is 234 Å². The summed E-state index contributed by atoms with van der Waals surface area (Å²) < 4.78 is 24.9. The fourth-order valence-electron chi connectivity index (χ4n) is 4.32. The highest BCUT2D eigenvalue weighted by Crippen LogP contribution is 2.38. The summed E-state index contributed by atoms with van der Waals surface area (Å²) in [5.74, 6) is -0.965. The lowest BCUT2D eigenvalue weighted by atomic mass is 10.1. The van der Waals surface area contributed by atoms with E-state index in [4.69, 9.17) is 21.7 Å². The van der Waals surface area contributed by atoms with E-state index in [1.165, 1.54) is 41.8 Å². The first-order chi connectivity index (χ1) is 18.7. The van der Waals surface area contributed by atoms with E-state index < -0.39 is 29.6 Å². The van der Waals surface area contributed by atoms with E-state index in [1.807, 2.05) is 31.2 Å². The summed E-state index contributed by atoms with van der Waals surface area (Å²) in [5, 5.41) is 0. The number of thioether (sulfide) groups is 1. The van der Waals surface area contributed by atoms with Crippen LogP contribution in [-0.2, 0) is 21.0 Å². The molecule has 2 fully saturated rings. The molecule has 10 heteroatoms. The lowest BCUT2D eigenvalue weighted by Crippen LogP contribution is -2.44. The predicted octanol–water partition coefficient (Wildman–Crippen LogP) is 5.26. The Morgan fingerprint density at radius 2 is 1.74 bits per heavy atom. The van der Waals surface area contributed by atoms with Crippen LogP contribution in [0.1, 0.15) is 23.1 Å². The molecule has 0 N–H and O–H groups in total. The number of amides is 3. The monoisotopic (exact) mass is 562 g/mol. The van der Waals surface area contributed by atoms with E-state index in [0.29, 0.717) is 28.6 Å². The van der Waals surface area contributed by atoms with Gasteiger partial charge in [-0.05, 0) is 60.5 Å². The van der Waals surface area contributed by atoms with E-state index >= 15 is 0 Å². The molecule has 3 aromatic rings. The fraction of sp³-hybridized carbons (Fsp3) is 0.172. The Bertz CT molecular complexity index is 1510. The smallest absolute Gasteiger partial charge is 0.266 e. The van der Waals surface area contributed by atoms with Crippen LogP contribution in [-0.4, -0.2) is 40.1 Å². The number of halogens is 1. The van der Waals surface area contributed by atoms with Crippen LogP contribution in [0, 0.1) is 12.7 Å². The van der Waals surface area contributed by atoms with Crippen molar-refractivity contribution < 1.29 is 28.2 Å². The summed E-state index contributed by atoms with van der Waals surface area (Å²) in [6, 6.07) is 17.3. The normalized spacial score (nSPS) is 18.4. The van der Waals surface area contributed by atoms with E-state index in [1.54, 1.807) is 24.3 Å². The molecule has 0 bridgehead atoms. The second-order valence-corrected chi connectivity index (χ2v) is 10.7. The number of methoxy groups -OCH3 is 1. The minimum atomic E-state index is -1.06. The number of carbonyl (C=O) groups excluding carboxylic acids is 3. The molecule has 3 amide bonds. The van der Waals surface area contributed by atoms with Gasteiger partial charge >= 0.3 is 0 Å². The molecule has 0 spiro atoms. The number of nitrogens with zero attached hydrogens (tertiary/aromatic N) is 2. The van der Waals surface area contributed by atoms with Crippen LogP contribution in [0.3, 0.4) is 0 Å². The quantitative estimate of drug-likeness (QED) is 0.221. The van der Waals surface area contributed by atoms with Crippen molar-refractivity contribution in [1.82, 2.24) is 4.90 Å². The number of aryl methyl sites for hydroxylation is 1. The van der Waals surface area contributed by atoms with Gasteiger partial charge in [-0.15, -0.1) is 0 Å². The third-order valence-electron chi connectivity index (χ3n) is 6.34. The number of thiocarbonyl (C=S) groups is 1. The third kappa shape index (κ3) is 5.43. The number of hydrogen-bond acceptors (Lipinski definition) is 7. The van der Waals surface area contributed by atoms with Gasteiger partial charge in [0.1, 0.15) is 22.8 Å². The molecular formula is C29H23FN2O5S2. The van der Waals surface area contributed by atoms with Gasteiger partial charge in [-0.1, -0.05) is 59.9 Å². The van der Waals surface area contributed by atoms with Crippen molar-refractivity contribution in [2.45, 2.75) is 26.0 Å². The van der Waals surface area contributed by atoms with Crippen molar-refractivity contribution in [1.29, 1.82) is 0 Å². The van der Waals surface area contributed by atoms with Crippen molar-refractivity contribution in [3.8, 4) is 11.5 Å². The first kappa shape index (κ1) is 26.6. The molecule has 198 valence electrons. The Balaban J connectivity index is 1.32. The van der Waals surface area contributed by atoms with Crippen LogP contribution >= 0.6 is 24.0 Å². The van der Waals surface area contributed by atoms with E-state index in [0.717, 1.165) is 22.2 Å². The van der Waals surface area contributed by atoms with Gasteiger partial charge < -0.3 is 9.47 Å². The highest BCUT2D eigenvalue weighted by Gasteiger charge is 2.48. The Kier molecular flexibility index (Phi) is 7.49. The number of carbonyl (C=O) groups is 3. The highest BCUT2D eigenvalue weighted by molar-refractivity contribution is 8.26. The Morgan fingerprint density at radius 3 is 2.44 bits per heavy atom. The topological polar surface area (TPSA) is 76.2 Å². The summed E-state index contributed by atoms with van der Waals surface area (Å²) in [7, 11) is 1.53. The predicted molar refractivity (Wildman–Crippen MR) is 151 cm³/mol. The first-order valence-electron chi connectivity index (χ1n) is 12.0. The molecule has 1 unspecified atom stereocenters. The van der Waals surface area contributed by atoms with Crippen LogP contribution < -0.4 is 14.4 Å². The summed E-state index contributed by atoms with van der Waals surface area (Å²) in [6.07, 6.45) is 1.45. The van der Waals surface area contributed by atoms with Crippen LogP contribution in [0.25, 0.3) is 6.08 Å². The number of anilines is 1. The van der Waals surface area contributed by atoms with Gasteiger partial charge in [0, 0.05) is 0 Å². The maximum atomic E-state index is 13.3. The molecule has 2 heterocycles. The van der Waals surface area contributed by atoms with Crippen LogP contribution in [0.5, 0.6) is 11.5 Å². The molecule has 39 heavy (non-hydrogen) atoms. The van der Waals surface area contributed by atoms with E-state index in [9.17, 15) is 18.8 Å². The standard InChI is InChI=1S/C29H23FN2O5S2/c1-17-3-5-18(6-4-17)16-37-23-12-7-19(13-24(23)36-2)14-25-28(35)32(29(38)39-25)22-15-26(33)31(27(22)34)21-10-8-20(30)9-11-21/h3-14,22H,15-16H2,1-2H3/b25-14-. The highest BCUT2D eigenvalue weighted by atomic mass is 32.2. The van der Waals surface area contributed by atoms with Crippen LogP contribution in [0.4, 0.5) is 10.1 Å². The molecule has 0 aromatic heterocycles. The molecule has 5 rings (SSSR count). The van der Waals surface area contributed by atoms with Gasteiger partial charge in [-0.2, -0.15) is 0 Å². The average Bonchev–Trinajstić information content (AvgIpc) is 3.37. The maximum Gasteiger partial charge on any atom is 0.266 e. The molecule has 0 radical (unpaired) electrons. The van der Waals surface area contributed by atoms with Gasteiger partial charge in [-0.25, -0.2) is 9.29 Å². The minimum Gasteiger partial charge on any atom is -0.493 e. The van der Waals surface area contributed by atoms with Crippen molar-refractivity contribution in [3.05, 3.63) is 94.1 Å². The number of hydrogen-bond donors (Lipinski definition) is 0. The molecule has 0 aliphatic carbocycles. The molecule has 2 aliphatic rings. The molecule has 2 aliphatic heterocycles. The molecule has 7 nitrogen and oxygen atoms in total. The largest absolute Gasteiger partial charge is 0.493 e. The summed E-state index contributed by atoms with van der Waals surface area (Å²) >= 11 is 6.48. The molecule has 2 saturated heterocycles. The first-order valence-corrected chi connectivity index (χ1v) is 13.2. The van der Waals surface area contributed by atoms with Crippen molar-refractivity contribution in [2.24, 2.45) is 0 Å². The number of ether oxygens (including phenoxy) is 2. The second-order valence-electron chi connectivity index (χ2n) is 9.00. The van der Waals surface area contributed by atoms with E-state index in [-0.39, 0.29) is 16.4 Å².